The van der Waals surface area contributed by atoms with Gasteiger partial charge >= 0.3 is 0 Å². The average Bonchev–Trinajstić information content (AvgIpc) is 2.50. The molecule has 2 rings (SSSR count). The quantitative estimate of drug-likeness (QED) is 0.662. The van der Waals surface area contributed by atoms with Gasteiger partial charge < -0.3 is 15.4 Å². The summed E-state index contributed by atoms with van der Waals surface area (Å²) in [4.78, 5) is 6.15. The second kappa shape index (κ2) is 3.13. The third-order valence-electron chi connectivity index (χ3n) is 2.20. The van der Waals surface area contributed by atoms with E-state index in [-0.39, 0.29) is 5.60 Å². The van der Waals surface area contributed by atoms with Crippen molar-refractivity contribution in [3.8, 4) is 0 Å². The molecule has 14 heavy (non-hydrogen) atoms. The van der Waals surface area contributed by atoms with Crippen molar-refractivity contribution >= 4 is 11.9 Å². The SMILES string of the molecule is CC1(C)CN(c2n[nH]c(N)n2)CCO1. The van der Waals surface area contributed by atoms with E-state index in [0.29, 0.717) is 18.5 Å². The van der Waals surface area contributed by atoms with E-state index >= 15 is 0 Å². The lowest BCUT2D eigenvalue weighted by atomic mass is 10.1. The fourth-order valence-electron chi connectivity index (χ4n) is 1.59. The minimum Gasteiger partial charge on any atom is -0.372 e. The van der Waals surface area contributed by atoms with Gasteiger partial charge in [0.25, 0.3) is 0 Å². The molecule has 0 spiro atoms. The fourth-order valence-corrected chi connectivity index (χ4v) is 1.59. The summed E-state index contributed by atoms with van der Waals surface area (Å²) in [5, 5.41) is 6.64. The normalized spacial score (nSPS) is 21.1. The molecule has 0 bridgehead atoms. The number of nitrogens with two attached hydrogens (primary N) is 1. The Morgan fingerprint density at radius 3 is 2.93 bits per heavy atom. The van der Waals surface area contributed by atoms with Gasteiger partial charge in [-0.2, -0.15) is 4.98 Å². The lowest BCUT2D eigenvalue weighted by Crippen LogP contribution is -2.48. The average molecular weight is 197 g/mol. The van der Waals surface area contributed by atoms with Crippen LogP contribution in [0.1, 0.15) is 13.8 Å². The van der Waals surface area contributed by atoms with Crippen molar-refractivity contribution in [1.29, 1.82) is 0 Å². The summed E-state index contributed by atoms with van der Waals surface area (Å²) in [6, 6.07) is 0. The molecule has 6 nitrogen and oxygen atoms in total. The largest absolute Gasteiger partial charge is 0.372 e. The number of nitrogens with zero attached hydrogens (tertiary/aromatic N) is 3. The Bertz CT molecular complexity index is 321. The van der Waals surface area contributed by atoms with E-state index in [9.17, 15) is 0 Å². The van der Waals surface area contributed by atoms with E-state index in [1.807, 2.05) is 0 Å². The van der Waals surface area contributed by atoms with Crippen molar-refractivity contribution in [3.63, 3.8) is 0 Å². The van der Waals surface area contributed by atoms with Crippen LogP contribution in [0.15, 0.2) is 0 Å². The first kappa shape index (κ1) is 9.26. The molecule has 2 heterocycles. The number of nitrogen functional groups attached to an aromatic ring is 1. The summed E-state index contributed by atoms with van der Waals surface area (Å²) in [6.07, 6.45) is 0. The molecule has 1 fully saturated rings. The third kappa shape index (κ3) is 1.79. The van der Waals surface area contributed by atoms with Crippen LogP contribution >= 0.6 is 0 Å². The van der Waals surface area contributed by atoms with Gasteiger partial charge in [-0.1, -0.05) is 0 Å². The Balaban J connectivity index is 2.12. The number of aromatic nitrogens is 3. The van der Waals surface area contributed by atoms with Gasteiger partial charge in [-0.25, -0.2) is 5.10 Å². The van der Waals surface area contributed by atoms with Crippen molar-refractivity contribution in [2.24, 2.45) is 0 Å². The van der Waals surface area contributed by atoms with E-state index in [4.69, 9.17) is 10.5 Å². The molecule has 1 aliphatic rings. The zero-order valence-electron chi connectivity index (χ0n) is 8.45. The highest BCUT2D eigenvalue weighted by atomic mass is 16.5. The van der Waals surface area contributed by atoms with Gasteiger partial charge in [0.05, 0.1) is 12.2 Å². The Hall–Kier alpha value is -1.30. The van der Waals surface area contributed by atoms with Crippen LogP contribution < -0.4 is 10.6 Å². The first-order chi connectivity index (χ1) is 6.57. The predicted molar refractivity (Wildman–Crippen MR) is 53.0 cm³/mol. The van der Waals surface area contributed by atoms with Crippen molar-refractivity contribution in [2.75, 3.05) is 30.3 Å². The molecule has 0 saturated carbocycles. The first-order valence-corrected chi connectivity index (χ1v) is 4.64. The van der Waals surface area contributed by atoms with Crippen molar-refractivity contribution in [3.05, 3.63) is 0 Å². The van der Waals surface area contributed by atoms with Crippen LogP contribution in [0.4, 0.5) is 11.9 Å². The predicted octanol–water partition coefficient (Wildman–Crippen LogP) is 0.00210. The number of nitrogens with one attached hydrogen (secondary N) is 1. The van der Waals surface area contributed by atoms with Crippen LogP contribution in [0.25, 0.3) is 0 Å². The summed E-state index contributed by atoms with van der Waals surface area (Å²) >= 11 is 0. The Labute approximate surface area is 82.4 Å². The van der Waals surface area contributed by atoms with Crippen molar-refractivity contribution < 1.29 is 4.74 Å². The van der Waals surface area contributed by atoms with Gasteiger partial charge in [-0.15, -0.1) is 5.10 Å². The molecule has 78 valence electrons. The van der Waals surface area contributed by atoms with E-state index in [0.717, 1.165) is 13.1 Å². The molecular formula is C8H15N5O. The Morgan fingerprint density at radius 1 is 1.57 bits per heavy atom. The highest BCUT2D eigenvalue weighted by molar-refractivity contribution is 5.34. The minimum absolute atomic E-state index is 0.145. The summed E-state index contributed by atoms with van der Waals surface area (Å²) in [6.45, 7) is 6.39. The number of rotatable bonds is 1. The molecule has 1 aliphatic heterocycles. The number of hydrogen-bond donors (Lipinski definition) is 2. The molecule has 1 saturated heterocycles. The van der Waals surface area contributed by atoms with Gasteiger partial charge in [0.2, 0.25) is 11.9 Å². The number of aromatic amines is 1. The minimum atomic E-state index is -0.145. The molecule has 0 unspecified atom stereocenters. The fraction of sp³-hybridized carbons (Fsp3) is 0.750. The van der Waals surface area contributed by atoms with Crippen molar-refractivity contribution in [2.45, 2.75) is 19.4 Å². The highest BCUT2D eigenvalue weighted by Gasteiger charge is 2.28. The molecule has 0 amide bonds. The smallest absolute Gasteiger partial charge is 0.246 e. The van der Waals surface area contributed by atoms with Gasteiger partial charge in [0.1, 0.15) is 0 Å². The van der Waals surface area contributed by atoms with Gasteiger partial charge in [0, 0.05) is 13.1 Å². The number of hydrogen-bond acceptors (Lipinski definition) is 5. The van der Waals surface area contributed by atoms with Crippen LogP contribution in [0, 0.1) is 0 Å². The number of morpholine rings is 1. The summed E-state index contributed by atoms with van der Waals surface area (Å²) < 4.78 is 5.59. The second-order valence-corrected chi connectivity index (χ2v) is 4.05. The zero-order valence-corrected chi connectivity index (χ0v) is 8.45. The summed E-state index contributed by atoms with van der Waals surface area (Å²) in [5.41, 5.74) is 5.32. The standard InChI is InChI=1S/C8H15N5O/c1-8(2)5-13(3-4-14-8)7-10-6(9)11-12-7/h3-5H2,1-2H3,(H3,9,10,11,12). The Morgan fingerprint density at radius 2 is 2.36 bits per heavy atom. The molecular weight excluding hydrogens is 182 g/mol. The van der Waals surface area contributed by atoms with Crippen LogP contribution in [0.3, 0.4) is 0 Å². The van der Waals surface area contributed by atoms with Gasteiger partial charge in [-0.3, -0.25) is 0 Å². The van der Waals surface area contributed by atoms with Gasteiger partial charge in [0.15, 0.2) is 0 Å². The lowest BCUT2D eigenvalue weighted by Gasteiger charge is -2.37. The maximum atomic E-state index is 5.59. The molecule has 1 aromatic heterocycles. The molecule has 0 radical (unpaired) electrons. The summed E-state index contributed by atoms with van der Waals surface area (Å²) in [7, 11) is 0. The number of ether oxygens (including phenoxy) is 1. The van der Waals surface area contributed by atoms with Crippen LogP contribution in [-0.4, -0.2) is 40.5 Å². The van der Waals surface area contributed by atoms with Gasteiger partial charge in [-0.05, 0) is 13.8 Å². The third-order valence-corrected chi connectivity index (χ3v) is 2.20. The van der Waals surface area contributed by atoms with Crippen molar-refractivity contribution in [1.82, 2.24) is 15.2 Å². The zero-order chi connectivity index (χ0) is 10.2. The van der Waals surface area contributed by atoms with E-state index in [2.05, 4.69) is 33.9 Å². The molecule has 0 aliphatic carbocycles. The number of anilines is 2. The summed E-state index contributed by atoms with van der Waals surface area (Å²) in [5.74, 6) is 1.00. The van der Waals surface area contributed by atoms with Crippen LogP contribution in [0.5, 0.6) is 0 Å². The first-order valence-electron chi connectivity index (χ1n) is 4.64. The topological polar surface area (TPSA) is 80.1 Å². The van der Waals surface area contributed by atoms with Crippen LogP contribution in [0.2, 0.25) is 0 Å². The maximum Gasteiger partial charge on any atom is 0.246 e. The van der Waals surface area contributed by atoms with Crippen LogP contribution in [-0.2, 0) is 4.74 Å². The highest BCUT2D eigenvalue weighted by Crippen LogP contribution is 2.20. The maximum absolute atomic E-state index is 5.59. The molecule has 1 aromatic rings. The molecule has 6 heteroatoms. The molecule has 0 aromatic carbocycles. The second-order valence-electron chi connectivity index (χ2n) is 4.05. The molecule has 3 N–H and O–H groups in total. The molecule has 0 atom stereocenters. The van der Waals surface area contributed by atoms with E-state index in [1.54, 1.807) is 0 Å². The lowest BCUT2D eigenvalue weighted by molar-refractivity contribution is -0.0281. The Kier molecular flexibility index (Phi) is 2.07. The van der Waals surface area contributed by atoms with E-state index in [1.165, 1.54) is 0 Å². The monoisotopic (exact) mass is 197 g/mol. The number of H-pyrrole nitrogens is 1. The van der Waals surface area contributed by atoms with E-state index < -0.39 is 0 Å².